The number of phenols is 1. The summed E-state index contributed by atoms with van der Waals surface area (Å²) in [6.07, 6.45) is 0. The maximum Gasteiger partial charge on any atom is 0.246 e. The molecule has 3 rings (SSSR count). The minimum atomic E-state index is -0.203. The molecule has 0 aliphatic carbocycles. The molecular formula is C20H29IN6O3. The number of halogens is 1. The Morgan fingerprint density at radius 2 is 1.93 bits per heavy atom. The number of aliphatic imine (C=N–C) groups is 1. The van der Waals surface area contributed by atoms with E-state index in [4.69, 9.17) is 4.52 Å². The van der Waals surface area contributed by atoms with Crippen molar-refractivity contribution in [2.45, 2.75) is 20.4 Å². The van der Waals surface area contributed by atoms with Crippen LogP contribution in [-0.2, 0) is 11.3 Å². The minimum absolute atomic E-state index is 0. The number of carbonyl (C=O) groups is 1. The van der Waals surface area contributed by atoms with Gasteiger partial charge in [-0.05, 0) is 38.1 Å². The monoisotopic (exact) mass is 528 g/mol. The Kier molecular flexibility index (Phi) is 9.37. The van der Waals surface area contributed by atoms with Crippen LogP contribution in [0.3, 0.4) is 0 Å². The van der Waals surface area contributed by atoms with Gasteiger partial charge in [-0.2, -0.15) is 0 Å². The zero-order valence-electron chi connectivity index (χ0n) is 17.3. The standard InChI is InChI=1S/C20H28N6O3.HI/c1-3-21-20(22-13-19(28)23-16-4-6-18(27)7-5-16)26-10-8-25(9-11-26)14-17-12-15(2)29-24-17;/h4-7,12,27H,3,8-11,13-14H2,1-2H3,(H,21,22)(H,23,28);1H. The van der Waals surface area contributed by atoms with Gasteiger partial charge in [0, 0.05) is 51.0 Å². The number of hydrogen-bond donors (Lipinski definition) is 3. The molecule has 1 amide bonds. The van der Waals surface area contributed by atoms with Crippen molar-refractivity contribution in [3.63, 3.8) is 0 Å². The second kappa shape index (κ2) is 11.7. The van der Waals surface area contributed by atoms with Crippen molar-refractivity contribution in [2.75, 3.05) is 44.6 Å². The minimum Gasteiger partial charge on any atom is -0.508 e. The number of benzene rings is 1. The van der Waals surface area contributed by atoms with E-state index in [1.807, 2.05) is 19.9 Å². The SMILES string of the molecule is CCNC(=NCC(=O)Nc1ccc(O)cc1)N1CCN(Cc2cc(C)on2)CC1.I. The lowest BCUT2D eigenvalue weighted by Crippen LogP contribution is -2.52. The Labute approximate surface area is 193 Å². The molecule has 1 aliphatic rings. The predicted octanol–water partition coefficient (Wildman–Crippen LogP) is 2.03. The first-order valence-electron chi connectivity index (χ1n) is 9.80. The molecule has 3 N–H and O–H groups in total. The molecule has 1 aromatic carbocycles. The Morgan fingerprint density at radius 3 is 2.53 bits per heavy atom. The number of anilines is 1. The number of carbonyl (C=O) groups excluding carboxylic acids is 1. The Hall–Kier alpha value is -2.34. The normalized spacial score (nSPS) is 14.9. The molecule has 10 heteroatoms. The molecule has 0 bridgehead atoms. The van der Waals surface area contributed by atoms with Gasteiger partial charge in [0.1, 0.15) is 18.1 Å². The highest BCUT2D eigenvalue weighted by atomic mass is 127. The third kappa shape index (κ3) is 7.17. The number of hydrogen-bond acceptors (Lipinski definition) is 6. The fraction of sp³-hybridized carbons (Fsp3) is 0.450. The molecule has 1 aromatic heterocycles. The van der Waals surface area contributed by atoms with Gasteiger partial charge in [0.2, 0.25) is 5.91 Å². The molecule has 0 unspecified atom stereocenters. The molecule has 1 saturated heterocycles. The van der Waals surface area contributed by atoms with Crippen LogP contribution >= 0.6 is 24.0 Å². The summed E-state index contributed by atoms with van der Waals surface area (Å²) in [5, 5.41) is 19.4. The van der Waals surface area contributed by atoms with Crippen molar-refractivity contribution in [3.8, 4) is 5.75 Å². The summed E-state index contributed by atoms with van der Waals surface area (Å²) in [6.45, 7) is 8.85. The van der Waals surface area contributed by atoms with Gasteiger partial charge in [-0.1, -0.05) is 5.16 Å². The van der Waals surface area contributed by atoms with Gasteiger partial charge < -0.3 is 25.2 Å². The number of nitrogens with one attached hydrogen (secondary N) is 2. The van der Waals surface area contributed by atoms with Crippen LogP contribution in [0.4, 0.5) is 5.69 Å². The molecule has 0 saturated carbocycles. The number of aryl methyl sites for hydroxylation is 1. The lowest BCUT2D eigenvalue weighted by molar-refractivity contribution is -0.114. The van der Waals surface area contributed by atoms with E-state index in [2.05, 4.69) is 30.6 Å². The summed E-state index contributed by atoms with van der Waals surface area (Å²) in [4.78, 5) is 21.2. The average Bonchev–Trinajstić information content (AvgIpc) is 3.12. The summed E-state index contributed by atoms with van der Waals surface area (Å²) in [5.41, 5.74) is 1.58. The number of rotatable bonds is 6. The Morgan fingerprint density at radius 1 is 1.23 bits per heavy atom. The molecule has 1 fully saturated rings. The van der Waals surface area contributed by atoms with E-state index in [0.717, 1.165) is 56.7 Å². The van der Waals surface area contributed by atoms with Crippen molar-refractivity contribution in [3.05, 3.63) is 41.8 Å². The van der Waals surface area contributed by atoms with E-state index in [1.54, 1.807) is 12.1 Å². The van der Waals surface area contributed by atoms with Crippen LogP contribution < -0.4 is 10.6 Å². The van der Waals surface area contributed by atoms with Crippen molar-refractivity contribution in [2.24, 2.45) is 4.99 Å². The molecule has 164 valence electrons. The van der Waals surface area contributed by atoms with Gasteiger partial charge in [0.25, 0.3) is 0 Å². The molecule has 0 radical (unpaired) electrons. The summed E-state index contributed by atoms with van der Waals surface area (Å²) in [5.74, 6) is 1.52. The molecule has 2 aromatic rings. The van der Waals surface area contributed by atoms with Crippen LogP contribution in [0.2, 0.25) is 0 Å². The van der Waals surface area contributed by atoms with E-state index in [-0.39, 0.29) is 42.2 Å². The van der Waals surface area contributed by atoms with Gasteiger partial charge in [0.15, 0.2) is 5.96 Å². The molecule has 9 nitrogen and oxygen atoms in total. The van der Waals surface area contributed by atoms with Crippen LogP contribution in [0, 0.1) is 6.92 Å². The van der Waals surface area contributed by atoms with Gasteiger partial charge >= 0.3 is 0 Å². The topological polar surface area (TPSA) is 106 Å². The number of guanidine groups is 1. The molecule has 2 heterocycles. The fourth-order valence-electron chi connectivity index (χ4n) is 3.16. The second-order valence-corrected chi connectivity index (χ2v) is 6.96. The molecular weight excluding hydrogens is 499 g/mol. The maximum atomic E-state index is 12.2. The number of phenolic OH excluding ortho intramolecular Hbond substituents is 1. The van der Waals surface area contributed by atoms with Gasteiger partial charge in [0.05, 0.1) is 5.69 Å². The number of aromatic hydroxyl groups is 1. The molecule has 0 spiro atoms. The second-order valence-electron chi connectivity index (χ2n) is 6.96. The first-order chi connectivity index (χ1) is 14.0. The van der Waals surface area contributed by atoms with Crippen molar-refractivity contribution >= 4 is 41.5 Å². The smallest absolute Gasteiger partial charge is 0.246 e. The summed E-state index contributed by atoms with van der Waals surface area (Å²) < 4.78 is 5.13. The average molecular weight is 528 g/mol. The van der Waals surface area contributed by atoms with Crippen molar-refractivity contribution in [1.82, 2.24) is 20.3 Å². The third-order valence-corrected chi connectivity index (χ3v) is 4.59. The van der Waals surface area contributed by atoms with E-state index < -0.39 is 0 Å². The lowest BCUT2D eigenvalue weighted by atomic mass is 10.3. The van der Waals surface area contributed by atoms with Gasteiger partial charge in [-0.3, -0.25) is 9.69 Å². The van der Waals surface area contributed by atoms with Crippen LogP contribution in [0.1, 0.15) is 18.4 Å². The number of nitrogens with zero attached hydrogens (tertiary/aromatic N) is 4. The summed E-state index contributed by atoms with van der Waals surface area (Å²) in [7, 11) is 0. The van der Waals surface area contributed by atoms with Crippen molar-refractivity contribution in [1.29, 1.82) is 0 Å². The Bertz CT molecular complexity index is 831. The quantitative estimate of drug-likeness (QED) is 0.228. The first kappa shape index (κ1) is 23.9. The molecule has 30 heavy (non-hydrogen) atoms. The summed E-state index contributed by atoms with van der Waals surface area (Å²) >= 11 is 0. The van der Waals surface area contributed by atoms with Gasteiger partial charge in [-0.15, -0.1) is 24.0 Å². The van der Waals surface area contributed by atoms with E-state index in [0.29, 0.717) is 5.69 Å². The fourth-order valence-corrected chi connectivity index (χ4v) is 3.16. The zero-order valence-corrected chi connectivity index (χ0v) is 19.6. The highest BCUT2D eigenvalue weighted by molar-refractivity contribution is 14.0. The maximum absolute atomic E-state index is 12.2. The van der Waals surface area contributed by atoms with Gasteiger partial charge in [-0.25, -0.2) is 4.99 Å². The van der Waals surface area contributed by atoms with Crippen LogP contribution in [0.15, 0.2) is 39.8 Å². The number of amides is 1. The number of piperazine rings is 1. The van der Waals surface area contributed by atoms with E-state index in [1.165, 1.54) is 12.1 Å². The first-order valence-corrected chi connectivity index (χ1v) is 9.80. The number of aromatic nitrogens is 1. The highest BCUT2D eigenvalue weighted by Gasteiger charge is 2.20. The third-order valence-electron chi connectivity index (χ3n) is 4.59. The zero-order chi connectivity index (χ0) is 20.6. The Balaban J connectivity index is 0.00000320. The van der Waals surface area contributed by atoms with Crippen LogP contribution in [0.25, 0.3) is 0 Å². The largest absolute Gasteiger partial charge is 0.508 e. The molecule has 1 aliphatic heterocycles. The van der Waals surface area contributed by atoms with E-state index in [9.17, 15) is 9.90 Å². The van der Waals surface area contributed by atoms with Crippen molar-refractivity contribution < 1.29 is 14.4 Å². The van der Waals surface area contributed by atoms with Crippen LogP contribution in [0.5, 0.6) is 5.75 Å². The predicted molar refractivity (Wildman–Crippen MR) is 126 cm³/mol. The lowest BCUT2D eigenvalue weighted by Gasteiger charge is -2.36. The van der Waals surface area contributed by atoms with Crippen LogP contribution in [-0.4, -0.2) is 71.2 Å². The summed E-state index contributed by atoms with van der Waals surface area (Å²) in [6, 6.07) is 8.33. The molecule has 0 atom stereocenters. The highest BCUT2D eigenvalue weighted by Crippen LogP contribution is 2.13. The van der Waals surface area contributed by atoms with E-state index >= 15 is 0 Å².